The number of carbonyl (C=O) groups is 1. The largest absolute Gasteiger partial charge is 0.338 e. The number of unbranched alkanes of at least 4 members (excludes halogenated alkanes) is 1. The van der Waals surface area contributed by atoms with Crippen LogP contribution in [-0.2, 0) is 6.42 Å². The van der Waals surface area contributed by atoms with Crippen LogP contribution in [-0.4, -0.2) is 18.6 Å². The molecule has 2 amide bonds. The van der Waals surface area contributed by atoms with Crippen molar-refractivity contribution in [2.75, 3.05) is 6.54 Å². The molecule has 1 aromatic carbocycles. The van der Waals surface area contributed by atoms with Gasteiger partial charge in [0, 0.05) is 12.6 Å². The van der Waals surface area contributed by atoms with Gasteiger partial charge in [-0.05, 0) is 44.6 Å². The van der Waals surface area contributed by atoms with Gasteiger partial charge in [0.2, 0.25) is 0 Å². The lowest BCUT2D eigenvalue weighted by molar-refractivity contribution is 0.232. The van der Waals surface area contributed by atoms with Gasteiger partial charge in [0.15, 0.2) is 0 Å². The van der Waals surface area contributed by atoms with Crippen molar-refractivity contribution in [2.24, 2.45) is 0 Å². The summed E-state index contributed by atoms with van der Waals surface area (Å²) >= 11 is 0. The van der Waals surface area contributed by atoms with E-state index in [1.54, 1.807) is 0 Å². The highest BCUT2D eigenvalue weighted by Gasteiger charge is 2.14. The van der Waals surface area contributed by atoms with Gasteiger partial charge in [-0.3, -0.25) is 0 Å². The van der Waals surface area contributed by atoms with Gasteiger partial charge < -0.3 is 10.6 Å². The maximum absolute atomic E-state index is 11.8. The van der Waals surface area contributed by atoms with Gasteiger partial charge in [-0.2, -0.15) is 0 Å². The number of nitrogens with one attached hydrogen (secondary N) is 2. The zero-order chi connectivity index (χ0) is 14.9. The summed E-state index contributed by atoms with van der Waals surface area (Å²) in [4.78, 5) is 11.8. The Kier molecular flexibility index (Phi) is 6.58. The molecule has 0 unspecified atom stereocenters. The second kappa shape index (κ2) is 8.71. The van der Waals surface area contributed by atoms with E-state index >= 15 is 0 Å². The van der Waals surface area contributed by atoms with Crippen LogP contribution in [0.1, 0.15) is 56.1 Å². The number of aryl methyl sites for hydroxylation is 2. The molecule has 2 rings (SSSR count). The summed E-state index contributed by atoms with van der Waals surface area (Å²) in [5.41, 5.74) is 2.69. The molecule has 0 heterocycles. The molecule has 0 atom stereocenters. The Morgan fingerprint density at radius 2 is 1.81 bits per heavy atom. The van der Waals surface area contributed by atoms with Crippen molar-refractivity contribution in [3.8, 4) is 0 Å². The number of benzene rings is 1. The number of urea groups is 1. The van der Waals surface area contributed by atoms with Crippen molar-refractivity contribution in [3.63, 3.8) is 0 Å². The Morgan fingerprint density at radius 3 is 2.52 bits per heavy atom. The molecule has 1 aromatic rings. The topological polar surface area (TPSA) is 41.1 Å². The van der Waals surface area contributed by atoms with Crippen LogP contribution < -0.4 is 10.6 Å². The third-order valence-corrected chi connectivity index (χ3v) is 4.24. The van der Waals surface area contributed by atoms with E-state index in [0.29, 0.717) is 6.04 Å². The van der Waals surface area contributed by atoms with E-state index in [9.17, 15) is 4.79 Å². The van der Waals surface area contributed by atoms with E-state index < -0.39 is 0 Å². The van der Waals surface area contributed by atoms with Gasteiger partial charge in [0.1, 0.15) is 0 Å². The number of hydrogen-bond donors (Lipinski definition) is 2. The summed E-state index contributed by atoms with van der Waals surface area (Å²) in [5.74, 6) is 0. The van der Waals surface area contributed by atoms with E-state index in [1.807, 2.05) is 0 Å². The minimum Gasteiger partial charge on any atom is -0.338 e. The normalized spacial score (nSPS) is 15.7. The Hall–Kier alpha value is -1.51. The molecule has 1 aliphatic carbocycles. The van der Waals surface area contributed by atoms with Crippen LogP contribution in [0.4, 0.5) is 4.79 Å². The van der Waals surface area contributed by atoms with Crippen LogP contribution in [0.5, 0.6) is 0 Å². The Labute approximate surface area is 128 Å². The molecule has 0 spiro atoms. The molecule has 0 saturated heterocycles. The maximum atomic E-state index is 11.8. The smallest absolute Gasteiger partial charge is 0.315 e. The molecule has 21 heavy (non-hydrogen) atoms. The van der Waals surface area contributed by atoms with E-state index in [0.717, 1.165) is 38.6 Å². The first-order valence-corrected chi connectivity index (χ1v) is 8.34. The predicted molar refractivity (Wildman–Crippen MR) is 87.5 cm³/mol. The second-order valence-electron chi connectivity index (χ2n) is 6.18. The predicted octanol–water partition coefficient (Wildman–Crippen LogP) is 3.95. The molecule has 0 aromatic heterocycles. The van der Waals surface area contributed by atoms with Crippen molar-refractivity contribution in [1.82, 2.24) is 10.6 Å². The van der Waals surface area contributed by atoms with Gasteiger partial charge in [-0.15, -0.1) is 0 Å². The Morgan fingerprint density at radius 1 is 1.10 bits per heavy atom. The lowest BCUT2D eigenvalue weighted by atomic mass is 9.96. The lowest BCUT2D eigenvalue weighted by Crippen LogP contribution is -2.43. The number of carbonyl (C=O) groups excluding carboxylic acids is 1. The molecule has 1 fully saturated rings. The summed E-state index contributed by atoms with van der Waals surface area (Å²) in [5, 5.41) is 6.06. The van der Waals surface area contributed by atoms with Crippen molar-refractivity contribution in [2.45, 2.75) is 64.3 Å². The SMILES string of the molecule is Cc1ccc(CCCCNC(=O)NC2CCCCC2)cc1. The number of hydrogen-bond acceptors (Lipinski definition) is 1. The van der Waals surface area contributed by atoms with Crippen LogP contribution in [0.2, 0.25) is 0 Å². The summed E-state index contributed by atoms with van der Waals surface area (Å²) < 4.78 is 0. The number of amides is 2. The van der Waals surface area contributed by atoms with Gasteiger partial charge >= 0.3 is 6.03 Å². The van der Waals surface area contributed by atoms with E-state index in [2.05, 4.69) is 41.8 Å². The van der Waals surface area contributed by atoms with Gasteiger partial charge in [-0.25, -0.2) is 4.79 Å². The molecular weight excluding hydrogens is 260 g/mol. The Balaban J connectivity index is 1.52. The summed E-state index contributed by atoms with van der Waals surface area (Å²) in [6, 6.07) is 9.11. The fourth-order valence-corrected chi connectivity index (χ4v) is 2.89. The van der Waals surface area contributed by atoms with Crippen LogP contribution in [0.25, 0.3) is 0 Å². The molecule has 3 heteroatoms. The molecule has 2 N–H and O–H groups in total. The third-order valence-electron chi connectivity index (χ3n) is 4.24. The molecule has 1 saturated carbocycles. The average Bonchev–Trinajstić information content (AvgIpc) is 2.50. The Bertz CT molecular complexity index is 421. The molecule has 3 nitrogen and oxygen atoms in total. The zero-order valence-electron chi connectivity index (χ0n) is 13.2. The third kappa shape index (κ3) is 6.19. The van der Waals surface area contributed by atoms with Crippen molar-refractivity contribution < 1.29 is 4.79 Å². The monoisotopic (exact) mass is 288 g/mol. The zero-order valence-corrected chi connectivity index (χ0v) is 13.2. The van der Waals surface area contributed by atoms with Crippen molar-refractivity contribution in [1.29, 1.82) is 0 Å². The van der Waals surface area contributed by atoms with E-state index in [4.69, 9.17) is 0 Å². The quantitative estimate of drug-likeness (QED) is 0.765. The second-order valence-corrected chi connectivity index (χ2v) is 6.18. The summed E-state index contributed by atoms with van der Waals surface area (Å²) in [6.07, 6.45) is 9.34. The first-order valence-electron chi connectivity index (χ1n) is 8.34. The fourth-order valence-electron chi connectivity index (χ4n) is 2.89. The van der Waals surface area contributed by atoms with Crippen LogP contribution in [0, 0.1) is 6.92 Å². The highest BCUT2D eigenvalue weighted by atomic mass is 16.2. The highest BCUT2D eigenvalue weighted by Crippen LogP contribution is 2.17. The minimum atomic E-state index is 0.0113. The van der Waals surface area contributed by atoms with Crippen LogP contribution >= 0.6 is 0 Å². The molecule has 0 bridgehead atoms. The summed E-state index contributed by atoms with van der Waals surface area (Å²) in [6.45, 7) is 2.88. The standard InChI is InChI=1S/C18H28N2O/c1-15-10-12-16(13-11-15)7-5-6-14-19-18(21)20-17-8-3-2-4-9-17/h10-13,17H,2-9,14H2,1H3,(H2,19,20,21). The van der Waals surface area contributed by atoms with Gasteiger partial charge in [-0.1, -0.05) is 49.1 Å². The number of rotatable bonds is 6. The first kappa shape index (κ1) is 15.9. The lowest BCUT2D eigenvalue weighted by Gasteiger charge is -2.22. The molecule has 116 valence electrons. The van der Waals surface area contributed by atoms with Crippen LogP contribution in [0.15, 0.2) is 24.3 Å². The maximum Gasteiger partial charge on any atom is 0.315 e. The van der Waals surface area contributed by atoms with E-state index in [-0.39, 0.29) is 6.03 Å². The van der Waals surface area contributed by atoms with Crippen molar-refractivity contribution >= 4 is 6.03 Å². The minimum absolute atomic E-state index is 0.0113. The average molecular weight is 288 g/mol. The molecular formula is C18H28N2O. The fraction of sp³-hybridized carbons (Fsp3) is 0.611. The highest BCUT2D eigenvalue weighted by molar-refractivity contribution is 5.74. The molecule has 0 radical (unpaired) electrons. The molecule has 0 aliphatic heterocycles. The first-order chi connectivity index (χ1) is 10.2. The van der Waals surface area contributed by atoms with E-state index in [1.165, 1.54) is 30.4 Å². The van der Waals surface area contributed by atoms with Crippen molar-refractivity contribution in [3.05, 3.63) is 35.4 Å². The summed E-state index contributed by atoms with van der Waals surface area (Å²) in [7, 11) is 0. The van der Waals surface area contributed by atoms with Gasteiger partial charge in [0.05, 0.1) is 0 Å². The molecule has 1 aliphatic rings. The van der Waals surface area contributed by atoms with Gasteiger partial charge in [0.25, 0.3) is 0 Å². The van der Waals surface area contributed by atoms with Crippen LogP contribution in [0.3, 0.4) is 0 Å².